The summed E-state index contributed by atoms with van der Waals surface area (Å²) in [5.74, 6) is 0.533. The number of carbonyl (C=O) groups excluding carboxylic acids is 1. The predicted octanol–water partition coefficient (Wildman–Crippen LogP) is 3.57. The van der Waals surface area contributed by atoms with E-state index in [1.807, 2.05) is 24.4 Å². The van der Waals surface area contributed by atoms with Crippen molar-refractivity contribution in [1.29, 1.82) is 0 Å². The largest absolute Gasteiger partial charge is 0.491 e. The Bertz CT molecular complexity index is 540. The first kappa shape index (κ1) is 13.5. The molecule has 2 rings (SSSR count). The number of nitrogens with one attached hydrogen (secondary N) is 1. The molecule has 0 unspecified atom stereocenters. The highest BCUT2D eigenvalue weighted by molar-refractivity contribution is 7.13. The molecule has 0 spiro atoms. The lowest BCUT2D eigenvalue weighted by Crippen LogP contribution is -2.13. The number of thiazole rings is 1. The summed E-state index contributed by atoms with van der Waals surface area (Å²) in [6.07, 6.45) is 2.72. The van der Waals surface area contributed by atoms with Crippen molar-refractivity contribution in [1.82, 2.24) is 4.98 Å². The highest BCUT2D eigenvalue weighted by Crippen LogP contribution is 2.18. The van der Waals surface area contributed by atoms with Crippen molar-refractivity contribution < 1.29 is 9.53 Å². The third kappa shape index (κ3) is 3.79. The van der Waals surface area contributed by atoms with Crippen LogP contribution in [0.15, 0.2) is 35.8 Å². The molecular formula is C14H16N2O2S. The van der Waals surface area contributed by atoms with Gasteiger partial charge >= 0.3 is 0 Å². The van der Waals surface area contributed by atoms with Crippen molar-refractivity contribution in [2.45, 2.75) is 26.4 Å². The second kappa shape index (κ2) is 6.33. The summed E-state index contributed by atoms with van der Waals surface area (Å²) in [5.41, 5.74) is 0.566. The molecule has 19 heavy (non-hydrogen) atoms. The quantitative estimate of drug-likeness (QED) is 0.908. The number of hydrogen-bond donors (Lipinski definition) is 1. The van der Waals surface area contributed by atoms with E-state index in [1.165, 1.54) is 11.3 Å². The fraction of sp³-hybridized carbons (Fsp3) is 0.286. The maximum absolute atomic E-state index is 12.0. The van der Waals surface area contributed by atoms with Crippen LogP contribution >= 0.6 is 11.3 Å². The van der Waals surface area contributed by atoms with Crippen LogP contribution in [0.5, 0.6) is 5.75 Å². The van der Waals surface area contributed by atoms with Crippen LogP contribution in [0.3, 0.4) is 0 Å². The predicted molar refractivity (Wildman–Crippen MR) is 76.9 cm³/mol. The molecule has 4 nitrogen and oxygen atoms in total. The molecule has 2 aromatic rings. The van der Waals surface area contributed by atoms with Gasteiger partial charge in [0, 0.05) is 17.1 Å². The molecule has 0 saturated heterocycles. The van der Waals surface area contributed by atoms with E-state index in [2.05, 4.69) is 17.2 Å². The molecule has 0 aliphatic heterocycles. The zero-order valence-electron chi connectivity index (χ0n) is 10.9. The third-order valence-electron chi connectivity index (χ3n) is 2.66. The van der Waals surface area contributed by atoms with Crippen LogP contribution in [0.2, 0.25) is 0 Å². The van der Waals surface area contributed by atoms with E-state index >= 15 is 0 Å². The summed E-state index contributed by atoms with van der Waals surface area (Å²) < 4.78 is 5.70. The van der Waals surface area contributed by atoms with Gasteiger partial charge in [-0.2, -0.15) is 0 Å². The van der Waals surface area contributed by atoms with Crippen LogP contribution in [0.4, 0.5) is 5.13 Å². The lowest BCUT2D eigenvalue weighted by Gasteiger charge is -2.13. The second-order valence-corrected chi connectivity index (χ2v) is 5.05. The summed E-state index contributed by atoms with van der Waals surface area (Å²) >= 11 is 1.39. The zero-order valence-corrected chi connectivity index (χ0v) is 11.7. The first-order valence-electron chi connectivity index (χ1n) is 6.16. The monoisotopic (exact) mass is 276 g/mol. The Morgan fingerprint density at radius 2 is 2.37 bits per heavy atom. The molecule has 1 aromatic carbocycles. The summed E-state index contributed by atoms with van der Waals surface area (Å²) in [6.45, 7) is 4.06. The number of carbonyl (C=O) groups is 1. The van der Waals surface area contributed by atoms with Crippen LogP contribution in [0.25, 0.3) is 0 Å². The third-order valence-corrected chi connectivity index (χ3v) is 3.35. The Balaban J connectivity index is 2.07. The second-order valence-electron chi connectivity index (χ2n) is 4.16. The molecule has 0 aliphatic rings. The first-order valence-corrected chi connectivity index (χ1v) is 7.04. The summed E-state index contributed by atoms with van der Waals surface area (Å²) in [5, 5.41) is 5.16. The Labute approximate surface area is 116 Å². The first-order chi connectivity index (χ1) is 9.19. The Morgan fingerprint density at radius 3 is 3.05 bits per heavy atom. The number of aromatic nitrogens is 1. The molecule has 5 heteroatoms. The van der Waals surface area contributed by atoms with E-state index in [9.17, 15) is 4.79 Å². The molecule has 1 N–H and O–H groups in total. The van der Waals surface area contributed by atoms with Crippen LogP contribution in [0.1, 0.15) is 30.6 Å². The molecule has 0 radical (unpaired) electrons. The molecule has 100 valence electrons. The van der Waals surface area contributed by atoms with Gasteiger partial charge in [0.1, 0.15) is 5.75 Å². The van der Waals surface area contributed by atoms with Crippen molar-refractivity contribution in [3.8, 4) is 5.75 Å². The molecule has 1 atom stereocenters. The van der Waals surface area contributed by atoms with Gasteiger partial charge in [-0.15, -0.1) is 11.3 Å². The SMILES string of the molecule is CC[C@H](C)Oc1cccc(C(=O)Nc2nccs2)c1. The van der Waals surface area contributed by atoms with Crippen molar-refractivity contribution >= 4 is 22.4 Å². The van der Waals surface area contributed by atoms with E-state index in [0.29, 0.717) is 16.4 Å². The molecule has 1 heterocycles. The maximum Gasteiger partial charge on any atom is 0.257 e. The van der Waals surface area contributed by atoms with Gasteiger partial charge < -0.3 is 4.74 Å². The van der Waals surface area contributed by atoms with Crippen molar-refractivity contribution in [3.05, 3.63) is 41.4 Å². The minimum absolute atomic E-state index is 0.136. The number of rotatable bonds is 5. The molecule has 1 aromatic heterocycles. The van der Waals surface area contributed by atoms with Gasteiger partial charge in [-0.1, -0.05) is 13.0 Å². The van der Waals surface area contributed by atoms with E-state index in [-0.39, 0.29) is 12.0 Å². The fourth-order valence-corrected chi connectivity index (χ4v) is 2.00. The standard InChI is InChI=1S/C14H16N2O2S/c1-3-10(2)18-12-6-4-5-11(9-12)13(17)16-14-15-7-8-19-14/h4-10H,3H2,1-2H3,(H,15,16,17)/t10-/m0/s1. The van der Waals surface area contributed by atoms with Crippen molar-refractivity contribution in [3.63, 3.8) is 0 Å². The lowest BCUT2D eigenvalue weighted by molar-refractivity contribution is 0.102. The average Bonchev–Trinajstić information content (AvgIpc) is 2.91. The highest BCUT2D eigenvalue weighted by atomic mass is 32.1. The number of benzene rings is 1. The molecule has 0 fully saturated rings. The molecule has 0 saturated carbocycles. The maximum atomic E-state index is 12.0. The molecule has 0 bridgehead atoms. The van der Waals surface area contributed by atoms with Crippen molar-refractivity contribution in [2.24, 2.45) is 0 Å². The molecular weight excluding hydrogens is 260 g/mol. The number of hydrogen-bond acceptors (Lipinski definition) is 4. The zero-order chi connectivity index (χ0) is 13.7. The van der Waals surface area contributed by atoms with Crippen LogP contribution < -0.4 is 10.1 Å². The Hall–Kier alpha value is -1.88. The average molecular weight is 276 g/mol. The van der Waals surface area contributed by atoms with Gasteiger partial charge in [0.15, 0.2) is 5.13 Å². The summed E-state index contributed by atoms with van der Waals surface area (Å²) in [7, 11) is 0. The van der Waals surface area contributed by atoms with Gasteiger partial charge in [-0.25, -0.2) is 4.98 Å². The smallest absolute Gasteiger partial charge is 0.257 e. The molecule has 0 aliphatic carbocycles. The summed E-state index contributed by atoms with van der Waals surface area (Å²) in [4.78, 5) is 16.0. The minimum Gasteiger partial charge on any atom is -0.491 e. The van der Waals surface area contributed by atoms with Gasteiger partial charge in [-0.05, 0) is 31.5 Å². The number of ether oxygens (including phenoxy) is 1. The van der Waals surface area contributed by atoms with Gasteiger partial charge in [-0.3, -0.25) is 10.1 Å². The number of anilines is 1. The molecule has 1 amide bonds. The van der Waals surface area contributed by atoms with E-state index in [1.54, 1.807) is 18.3 Å². The topological polar surface area (TPSA) is 51.2 Å². The van der Waals surface area contributed by atoms with Crippen LogP contribution in [-0.2, 0) is 0 Å². The summed E-state index contributed by atoms with van der Waals surface area (Å²) in [6, 6.07) is 7.17. The Morgan fingerprint density at radius 1 is 1.53 bits per heavy atom. The minimum atomic E-state index is -0.176. The van der Waals surface area contributed by atoms with E-state index in [4.69, 9.17) is 4.74 Å². The lowest BCUT2D eigenvalue weighted by atomic mass is 10.2. The number of amides is 1. The van der Waals surface area contributed by atoms with Gasteiger partial charge in [0.2, 0.25) is 0 Å². The van der Waals surface area contributed by atoms with Gasteiger partial charge in [0.05, 0.1) is 6.10 Å². The van der Waals surface area contributed by atoms with E-state index in [0.717, 1.165) is 6.42 Å². The van der Waals surface area contributed by atoms with Gasteiger partial charge in [0.25, 0.3) is 5.91 Å². The number of nitrogens with zero attached hydrogens (tertiary/aromatic N) is 1. The van der Waals surface area contributed by atoms with E-state index < -0.39 is 0 Å². The van der Waals surface area contributed by atoms with Crippen molar-refractivity contribution in [2.75, 3.05) is 5.32 Å². The Kier molecular flexibility index (Phi) is 4.52. The normalized spacial score (nSPS) is 11.9. The fourth-order valence-electron chi connectivity index (χ4n) is 1.48. The van der Waals surface area contributed by atoms with Crippen LogP contribution in [-0.4, -0.2) is 17.0 Å². The highest BCUT2D eigenvalue weighted by Gasteiger charge is 2.09. The van der Waals surface area contributed by atoms with Crippen LogP contribution in [0, 0.1) is 0 Å².